The van der Waals surface area contributed by atoms with Crippen molar-refractivity contribution in [2.45, 2.75) is 27.2 Å². The maximum atomic E-state index is 12.5. The van der Waals surface area contributed by atoms with E-state index in [4.69, 9.17) is 9.47 Å². The molecule has 1 amide bonds. The molecule has 0 aliphatic rings. The van der Waals surface area contributed by atoms with Crippen LogP contribution in [-0.2, 0) is 16.0 Å². The average Bonchev–Trinajstić information content (AvgIpc) is 3.16. The first kappa shape index (κ1) is 21.6. The SMILES string of the molecule is CCc1cccc(OCC(=O)Nc2scc(-c3cc(C)ccc3C)c2C(=O)OC)c1. The van der Waals surface area contributed by atoms with Gasteiger partial charge in [0, 0.05) is 10.9 Å². The lowest BCUT2D eigenvalue weighted by Gasteiger charge is -2.11. The molecule has 0 aliphatic carbocycles. The normalized spacial score (nSPS) is 10.5. The van der Waals surface area contributed by atoms with Crippen LogP contribution in [0.5, 0.6) is 5.75 Å². The van der Waals surface area contributed by atoms with Crippen LogP contribution in [0, 0.1) is 13.8 Å². The number of ether oxygens (including phenoxy) is 2. The molecule has 0 fully saturated rings. The Labute approximate surface area is 180 Å². The highest BCUT2D eigenvalue weighted by atomic mass is 32.1. The van der Waals surface area contributed by atoms with Crippen LogP contribution in [-0.4, -0.2) is 25.6 Å². The molecule has 0 unspecified atom stereocenters. The second kappa shape index (κ2) is 9.59. The van der Waals surface area contributed by atoms with Crippen LogP contribution < -0.4 is 10.1 Å². The first-order valence-corrected chi connectivity index (χ1v) is 10.6. The number of rotatable bonds is 7. The van der Waals surface area contributed by atoms with Crippen LogP contribution in [0.2, 0.25) is 0 Å². The predicted molar refractivity (Wildman–Crippen MR) is 121 cm³/mol. The van der Waals surface area contributed by atoms with E-state index in [1.165, 1.54) is 18.4 Å². The minimum atomic E-state index is -0.487. The molecule has 0 bridgehead atoms. The number of hydrogen-bond acceptors (Lipinski definition) is 5. The molecule has 30 heavy (non-hydrogen) atoms. The Balaban J connectivity index is 1.81. The highest BCUT2D eigenvalue weighted by Gasteiger charge is 2.23. The Morgan fingerprint density at radius 1 is 1.07 bits per heavy atom. The second-order valence-corrected chi connectivity index (χ2v) is 7.88. The highest BCUT2D eigenvalue weighted by molar-refractivity contribution is 7.15. The number of carbonyl (C=O) groups is 2. The maximum Gasteiger partial charge on any atom is 0.341 e. The van der Waals surface area contributed by atoms with Crippen molar-refractivity contribution in [1.29, 1.82) is 0 Å². The Bertz CT molecular complexity index is 1070. The summed E-state index contributed by atoms with van der Waals surface area (Å²) in [5.74, 6) is -0.185. The van der Waals surface area contributed by atoms with E-state index in [2.05, 4.69) is 12.2 Å². The predicted octanol–water partition coefficient (Wildman–Crippen LogP) is 5.40. The molecule has 5 nitrogen and oxygen atoms in total. The zero-order valence-corrected chi connectivity index (χ0v) is 18.4. The van der Waals surface area contributed by atoms with Gasteiger partial charge in [-0.05, 0) is 49.1 Å². The summed E-state index contributed by atoms with van der Waals surface area (Å²) in [4.78, 5) is 25.0. The molecule has 6 heteroatoms. The summed E-state index contributed by atoms with van der Waals surface area (Å²) >= 11 is 1.30. The Kier molecular flexibility index (Phi) is 6.90. The van der Waals surface area contributed by atoms with Gasteiger partial charge in [0.2, 0.25) is 0 Å². The van der Waals surface area contributed by atoms with Crippen LogP contribution in [0.25, 0.3) is 11.1 Å². The maximum absolute atomic E-state index is 12.5. The topological polar surface area (TPSA) is 64.6 Å². The van der Waals surface area contributed by atoms with Crippen molar-refractivity contribution < 1.29 is 19.1 Å². The lowest BCUT2D eigenvalue weighted by atomic mass is 9.97. The number of aryl methyl sites for hydroxylation is 3. The molecule has 2 aromatic carbocycles. The molecular weight excluding hydrogens is 398 g/mol. The number of amides is 1. The van der Waals surface area contributed by atoms with E-state index in [9.17, 15) is 9.59 Å². The molecule has 3 rings (SSSR count). The fraction of sp³-hybridized carbons (Fsp3) is 0.250. The van der Waals surface area contributed by atoms with E-state index < -0.39 is 5.97 Å². The molecule has 3 aromatic rings. The van der Waals surface area contributed by atoms with Gasteiger partial charge in [-0.1, -0.05) is 42.8 Å². The van der Waals surface area contributed by atoms with Crippen molar-refractivity contribution in [3.63, 3.8) is 0 Å². The average molecular weight is 424 g/mol. The Hall–Kier alpha value is -3.12. The van der Waals surface area contributed by atoms with Gasteiger partial charge in [0.15, 0.2) is 6.61 Å². The first-order valence-electron chi connectivity index (χ1n) is 9.72. The zero-order valence-electron chi connectivity index (χ0n) is 17.6. The van der Waals surface area contributed by atoms with E-state index in [-0.39, 0.29) is 12.5 Å². The fourth-order valence-electron chi connectivity index (χ4n) is 3.15. The number of carbonyl (C=O) groups excluding carboxylic acids is 2. The second-order valence-electron chi connectivity index (χ2n) is 7.00. The number of thiophene rings is 1. The van der Waals surface area contributed by atoms with Gasteiger partial charge >= 0.3 is 5.97 Å². The minimum Gasteiger partial charge on any atom is -0.484 e. The van der Waals surface area contributed by atoms with Gasteiger partial charge in [0.1, 0.15) is 16.3 Å². The molecule has 156 valence electrons. The zero-order chi connectivity index (χ0) is 21.7. The van der Waals surface area contributed by atoms with Crippen LogP contribution in [0.15, 0.2) is 47.8 Å². The Morgan fingerprint density at radius 2 is 1.87 bits per heavy atom. The van der Waals surface area contributed by atoms with Gasteiger partial charge in [0.05, 0.1) is 7.11 Å². The smallest absolute Gasteiger partial charge is 0.341 e. The molecule has 0 saturated heterocycles. The number of methoxy groups -OCH3 is 1. The quantitative estimate of drug-likeness (QED) is 0.517. The van der Waals surface area contributed by atoms with Crippen molar-refractivity contribution in [3.05, 3.63) is 70.1 Å². The van der Waals surface area contributed by atoms with Crippen molar-refractivity contribution in [3.8, 4) is 16.9 Å². The van der Waals surface area contributed by atoms with Crippen LogP contribution in [0.3, 0.4) is 0 Å². The number of nitrogens with one attached hydrogen (secondary N) is 1. The first-order chi connectivity index (χ1) is 14.4. The summed E-state index contributed by atoms with van der Waals surface area (Å²) in [6.45, 7) is 5.90. The van der Waals surface area contributed by atoms with Gasteiger partial charge in [-0.3, -0.25) is 4.79 Å². The largest absolute Gasteiger partial charge is 0.484 e. The monoisotopic (exact) mass is 423 g/mol. The molecule has 0 saturated carbocycles. The van der Waals surface area contributed by atoms with Gasteiger partial charge in [0.25, 0.3) is 5.91 Å². The molecule has 0 radical (unpaired) electrons. The van der Waals surface area contributed by atoms with Gasteiger partial charge in [-0.2, -0.15) is 0 Å². The van der Waals surface area contributed by atoms with Crippen LogP contribution >= 0.6 is 11.3 Å². The lowest BCUT2D eigenvalue weighted by Crippen LogP contribution is -2.21. The van der Waals surface area contributed by atoms with E-state index in [0.29, 0.717) is 16.3 Å². The van der Waals surface area contributed by atoms with Crippen molar-refractivity contribution in [2.75, 3.05) is 19.0 Å². The van der Waals surface area contributed by atoms with E-state index in [1.54, 1.807) is 0 Å². The van der Waals surface area contributed by atoms with Crippen molar-refractivity contribution in [1.82, 2.24) is 0 Å². The van der Waals surface area contributed by atoms with E-state index in [0.717, 1.165) is 34.2 Å². The van der Waals surface area contributed by atoms with E-state index in [1.807, 2.05) is 61.7 Å². The summed E-state index contributed by atoms with van der Waals surface area (Å²) in [6, 6.07) is 13.7. The van der Waals surface area contributed by atoms with Gasteiger partial charge in [-0.15, -0.1) is 11.3 Å². The summed E-state index contributed by atoms with van der Waals surface area (Å²) < 4.78 is 10.6. The molecule has 0 spiro atoms. The fourth-order valence-corrected chi connectivity index (χ4v) is 4.11. The molecule has 0 aliphatic heterocycles. The summed E-state index contributed by atoms with van der Waals surface area (Å²) in [5, 5.41) is 5.13. The standard InChI is InChI=1S/C24H25NO4S/c1-5-17-7-6-8-18(12-17)29-13-21(26)25-23-22(24(27)28-4)20(14-30-23)19-11-15(2)9-10-16(19)3/h6-12,14H,5,13H2,1-4H3,(H,25,26). The third-order valence-electron chi connectivity index (χ3n) is 4.79. The molecule has 1 N–H and O–H groups in total. The summed E-state index contributed by atoms with van der Waals surface area (Å²) in [7, 11) is 1.34. The lowest BCUT2D eigenvalue weighted by molar-refractivity contribution is -0.118. The van der Waals surface area contributed by atoms with E-state index >= 15 is 0 Å². The van der Waals surface area contributed by atoms with Crippen molar-refractivity contribution >= 4 is 28.2 Å². The molecule has 1 aromatic heterocycles. The number of anilines is 1. The van der Waals surface area contributed by atoms with Gasteiger partial charge < -0.3 is 14.8 Å². The highest BCUT2D eigenvalue weighted by Crippen LogP contribution is 2.38. The summed E-state index contributed by atoms with van der Waals surface area (Å²) in [5.41, 5.74) is 5.32. The number of benzene rings is 2. The number of hydrogen-bond donors (Lipinski definition) is 1. The third-order valence-corrected chi connectivity index (χ3v) is 5.69. The van der Waals surface area contributed by atoms with Crippen LogP contribution in [0.1, 0.15) is 34.0 Å². The molecule has 1 heterocycles. The van der Waals surface area contributed by atoms with Gasteiger partial charge in [-0.25, -0.2) is 4.79 Å². The third kappa shape index (κ3) is 4.89. The van der Waals surface area contributed by atoms with Crippen LogP contribution in [0.4, 0.5) is 5.00 Å². The molecular formula is C24H25NO4S. The molecule has 0 atom stereocenters. The number of esters is 1. The van der Waals surface area contributed by atoms with Crippen molar-refractivity contribution in [2.24, 2.45) is 0 Å². The minimum absolute atomic E-state index is 0.148. The summed E-state index contributed by atoms with van der Waals surface area (Å²) in [6.07, 6.45) is 0.891. The Morgan fingerprint density at radius 3 is 2.60 bits per heavy atom.